The zero-order valence-corrected chi connectivity index (χ0v) is 17.5. The molecule has 0 atom stereocenters. The Bertz CT molecular complexity index is 1270. The fraction of sp³-hybridized carbons (Fsp3) is 0.0833. The van der Waals surface area contributed by atoms with Gasteiger partial charge >= 0.3 is 0 Å². The molecule has 1 aliphatic rings. The van der Waals surface area contributed by atoms with E-state index in [4.69, 9.17) is 9.47 Å². The second-order valence-electron chi connectivity index (χ2n) is 7.03. The summed E-state index contributed by atoms with van der Waals surface area (Å²) < 4.78 is 51.0. The van der Waals surface area contributed by atoms with Crippen molar-refractivity contribution in [3.63, 3.8) is 0 Å². The number of ether oxygens (including phenoxy) is 2. The summed E-state index contributed by atoms with van der Waals surface area (Å²) in [6.45, 7) is 0. The third-order valence-corrected chi connectivity index (χ3v) is 5.00. The van der Waals surface area contributed by atoms with Crippen molar-refractivity contribution < 1.29 is 32.2 Å². The van der Waals surface area contributed by atoms with Gasteiger partial charge in [0.2, 0.25) is 0 Å². The van der Waals surface area contributed by atoms with E-state index in [0.29, 0.717) is 11.5 Å². The number of nitrogens with zero attached hydrogens (tertiary/aromatic N) is 1. The van der Waals surface area contributed by atoms with Crippen molar-refractivity contribution in [2.75, 3.05) is 24.4 Å². The maximum Gasteiger partial charge on any atom is 0.282 e. The number of halogens is 3. The van der Waals surface area contributed by atoms with E-state index >= 15 is 0 Å². The number of hydrogen-bond donors (Lipinski definition) is 1. The van der Waals surface area contributed by atoms with Gasteiger partial charge in [0.15, 0.2) is 11.6 Å². The first kappa shape index (κ1) is 21.9. The van der Waals surface area contributed by atoms with Gasteiger partial charge in [0.25, 0.3) is 11.8 Å². The van der Waals surface area contributed by atoms with E-state index in [1.165, 1.54) is 44.6 Å². The number of benzene rings is 3. The smallest absolute Gasteiger partial charge is 0.282 e. The number of nitrogens with one attached hydrogen (secondary N) is 1. The van der Waals surface area contributed by atoms with Gasteiger partial charge in [-0.25, -0.2) is 18.1 Å². The van der Waals surface area contributed by atoms with Gasteiger partial charge in [0, 0.05) is 30.0 Å². The van der Waals surface area contributed by atoms with Gasteiger partial charge in [-0.1, -0.05) is 12.1 Å². The average molecular weight is 454 g/mol. The van der Waals surface area contributed by atoms with E-state index in [0.717, 1.165) is 29.2 Å². The molecular formula is C24H17F3N2O4. The monoisotopic (exact) mass is 454 g/mol. The van der Waals surface area contributed by atoms with Gasteiger partial charge in [-0.05, 0) is 29.8 Å². The Morgan fingerprint density at radius 2 is 1.39 bits per heavy atom. The summed E-state index contributed by atoms with van der Waals surface area (Å²) in [4.78, 5) is 27.7. The summed E-state index contributed by atoms with van der Waals surface area (Å²) >= 11 is 0. The second kappa shape index (κ2) is 8.70. The topological polar surface area (TPSA) is 67.9 Å². The molecule has 0 spiro atoms. The summed E-state index contributed by atoms with van der Waals surface area (Å²) in [5.41, 5.74) is 0.237. The molecule has 168 valence electrons. The third kappa shape index (κ3) is 4.12. The summed E-state index contributed by atoms with van der Waals surface area (Å²) in [5, 5.41) is 2.71. The van der Waals surface area contributed by atoms with Crippen LogP contribution in [0.15, 0.2) is 66.4 Å². The van der Waals surface area contributed by atoms with E-state index in [9.17, 15) is 22.8 Å². The van der Waals surface area contributed by atoms with Crippen LogP contribution in [-0.2, 0) is 9.59 Å². The average Bonchev–Trinajstić information content (AvgIpc) is 3.05. The second-order valence-corrected chi connectivity index (χ2v) is 7.03. The molecule has 33 heavy (non-hydrogen) atoms. The van der Waals surface area contributed by atoms with Crippen LogP contribution in [0.2, 0.25) is 0 Å². The van der Waals surface area contributed by atoms with Crippen molar-refractivity contribution in [3.05, 3.63) is 89.4 Å². The molecule has 9 heteroatoms. The van der Waals surface area contributed by atoms with Crippen LogP contribution in [-0.4, -0.2) is 26.0 Å². The molecule has 1 aliphatic heterocycles. The molecule has 0 bridgehead atoms. The molecule has 2 amide bonds. The normalized spacial score (nSPS) is 13.5. The van der Waals surface area contributed by atoms with Gasteiger partial charge in [-0.15, -0.1) is 0 Å². The summed E-state index contributed by atoms with van der Waals surface area (Å²) in [7, 11) is 2.84. The first-order valence-electron chi connectivity index (χ1n) is 9.66. The minimum atomic E-state index is -1.13. The Kier molecular flexibility index (Phi) is 5.78. The lowest BCUT2D eigenvalue weighted by Crippen LogP contribution is -2.32. The molecular weight excluding hydrogens is 437 g/mol. The number of amides is 2. The first-order valence-corrected chi connectivity index (χ1v) is 9.66. The number of methoxy groups -OCH3 is 2. The molecule has 0 radical (unpaired) electrons. The molecule has 0 saturated heterocycles. The van der Waals surface area contributed by atoms with Gasteiger partial charge in [-0.2, -0.15) is 0 Å². The Balaban J connectivity index is 1.84. The Morgan fingerprint density at radius 3 is 1.97 bits per heavy atom. The van der Waals surface area contributed by atoms with Crippen LogP contribution in [0.4, 0.5) is 24.5 Å². The SMILES string of the molecule is COc1cc(OC)cc(N2C(=O)C(Nc3ccc(F)c(F)c3)=C(c3ccc(F)cc3)C2=O)c1. The number of imide groups is 1. The van der Waals surface area contributed by atoms with Crippen LogP contribution in [0, 0.1) is 17.5 Å². The van der Waals surface area contributed by atoms with Crippen molar-refractivity contribution >= 4 is 28.8 Å². The molecule has 0 aliphatic carbocycles. The van der Waals surface area contributed by atoms with Gasteiger partial charge < -0.3 is 14.8 Å². The van der Waals surface area contributed by atoms with Gasteiger partial charge in [-0.3, -0.25) is 9.59 Å². The van der Waals surface area contributed by atoms with Crippen LogP contribution in [0.25, 0.3) is 5.57 Å². The highest BCUT2D eigenvalue weighted by Gasteiger charge is 2.40. The van der Waals surface area contributed by atoms with Gasteiger partial charge in [0.05, 0.1) is 25.5 Å². The predicted octanol–water partition coefficient (Wildman–Crippen LogP) is 4.52. The highest BCUT2D eigenvalue weighted by atomic mass is 19.2. The third-order valence-electron chi connectivity index (χ3n) is 5.00. The molecule has 0 fully saturated rings. The summed E-state index contributed by atoms with van der Waals surface area (Å²) in [6, 6.07) is 12.5. The highest BCUT2D eigenvalue weighted by Crippen LogP contribution is 2.37. The lowest BCUT2D eigenvalue weighted by molar-refractivity contribution is -0.120. The summed E-state index contributed by atoms with van der Waals surface area (Å²) in [6.07, 6.45) is 0. The number of carbonyl (C=O) groups is 2. The van der Waals surface area contributed by atoms with Crippen LogP contribution >= 0.6 is 0 Å². The molecule has 1 N–H and O–H groups in total. The standard InChI is InChI=1S/C24H17F3N2O4/c1-32-17-10-16(11-18(12-17)33-2)29-23(30)21(13-3-5-14(25)6-4-13)22(24(29)31)28-15-7-8-19(26)20(27)9-15/h3-12,28H,1-2H3. The molecule has 3 aromatic carbocycles. The Morgan fingerprint density at radius 1 is 0.758 bits per heavy atom. The lowest BCUT2D eigenvalue weighted by Gasteiger charge is -2.17. The van der Waals surface area contributed by atoms with E-state index in [2.05, 4.69) is 5.32 Å². The van der Waals surface area contributed by atoms with Crippen LogP contribution in [0.3, 0.4) is 0 Å². The van der Waals surface area contributed by atoms with Crippen LogP contribution in [0.5, 0.6) is 11.5 Å². The minimum Gasteiger partial charge on any atom is -0.497 e. The van der Waals surface area contributed by atoms with Crippen molar-refractivity contribution in [1.29, 1.82) is 0 Å². The van der Waals surface area contributed by atoms with Crippen molar-refractivity contribution in [2.24, 2.45) is 0 Å². The molecule has 0 aromatic heterocycles. The predicted molar refractivity (Wildman–Crippen MR) is 115 cm³/mol. The number of anilines is 2. The number of rotatable bonds is 6. The number of hydrogen-bond acceptors (Lipinski definition) is 5. The molecule has 0 saturated carbocycles. The maximum absolute atomic E-state index is 13.7. The zero-order chi connectivity index (χ0) is 23.7. The highest BCUT2D eigenvalue weighted by molar-refractivity contribution is 6.46. The number of carbonyl (C=O) groups excluding carboxylic acids is 2. The summed E-state index contributed by atoms with van der Waals surface area (Å²) in [5.74, 6) is -3.49. The van der Waals surface area contributed by atoms with Crippen LogP contribution in [0.1, 0.15) is 5.56 Å². The minimum absolute atomic E-state index is 0.0507. The lowest BCUT2D eigenvalue weighted by atomic mass is 10.0. The molecule has 3 aromatic rings. The van der Waals surface area contributed by atoms with Gasteiger partial charge in [0.1, 0.15) is 23.0 Å². The maximum atomic E-state index is 13.7. The fourth-order valence-corrected chi connectivity index (χ4v) is 3.40. The van der Waals surface area contributed by atoms with E-state index < -0.39 is 29.3 Å². The van der Waals surface area contributed by atoms with E-state index in [1.807, 2.05) is 0 Å². The van der Waals surface area contributed by atoms with Crippen molar-refractivity contribution in [3.8, 4) is 11.5 Å². The quantitative estimate of drug-likeness (QED) is 0.555. The Labute approximate surface area is 186 Å². The largest absolute Gasteiger partial charge is 0.497 e. The molecule has 4 rings (SSSR count). The Hall–Kier alpha value is -4.27. The van der Waals surface area contributed by atoms with Crippen molar-refractivity contribution in [2.45, 2.75) is 0 Å². The zero-order valence-electron chi connectivity index (χ0n) is 17.5. The van der Waals surface area contributed by atoms with Crippen molar-refractivity contribution in [1.82, 2.24) is 0 Å². The van der Waals surface area contributed by atoms with E-state index in [1.54, 1.807) is 6.07 Å². The molecule has 6 nitrogen and oxygen atoms in total. The van der Waals surface area contributed by atoms with Crippen LogP contribution < -0.4 is 19.7 Å². The van der Waals surface area contributed by atoms with E-state index in [-0.39, 0.29) is 28.2 Å². The molecule has 1 heterocycles. The molecule has 0 unspecified atom stereocenters. The first-order chi connectivity index (χ1) is 15.8. The fourth-order valence-electron chi connectivity index (χ4n) is 3.40.